The maximum absolute atomic E-state index is 11.8. The van der Waals surface area contributed by atoms with E-state index in [1.165, 1.54) is 0 Å². The second-order valence-corrected chi connectivity index (χ2v) is 4.08. The molecular weight excluding hydrogens is 232 g/mol. The molecule has 0 aromatic rings. The van der Waals surface area contributed by atoms with Gasteiger partial charge in [0.05, 0.1) is 0 Å². The highest BCUT2D eigenvalue weighted by molar-refractivity contribution is 6.77. The maximum atomic E-state index is 11.8. The topological polar surface area (TPSA) is 17.1 Å². The molecule has 0 saturated heterocycles. The molecule has 0 atom stereocenters. The van der Waals surface area contributed by atoms with Gasteiger partial charge in [0.15, 0.2) is 0 Å². The van der Waals surface area contributed by atoms with Crippen molar-refractivity contribution in [3.63, 3.8) is 0 Å². The largest absolute Gasteiger partial charge is 0.384 e. The third-order valence-electron chi connectivity index (χ3n) is 0.515. The Morgan fingerprint density at radius 3 is 1.40 bits per heavy atom. The fraction of sp³-hybridized carbons (Fsp3) is 0.667. The van der Waals surface area contributed by atoms with Crippen molar-refractivity contribution in [3.8, 4) is 0 Å². The van der Waals surface area contributed by atoms with E-state index in [-0.39, 0.29) is 0 Å². The summed E-state index contributed by atoms with van der Waals surface area (Å²) in [6, 6.07) is 0. The molecule has 0 heterocycles. The van der Waals surface area contributed by atoms with Crippen LogP contribution in [0.2, 0.25) is 0 Å². The number of hydrogen-bond acceptors (Lipinski definition) is 1. The first-order valence-electron chi connectivity index (χ1n) is 1.84. The number of carbonyl (C=O) groups excluding carboxylic acids is 1. The number of rotatable bonds is 1. The van der Waals surface area contributed by atoms with Gasteiger partial charge in [-0.25, -0.2) is 0 Å². The molecule has 0 saturated carbocycles. The molecule has 7 heteroatoms. The second-order valence-electron chi connectivity index (χ2n) is 1.32. The first-order valence-corrected chi connectivity index (χ1v) is 3.35. The Bertz CT molecular complexity index is 130. The third-order valence-corrected chi connectivity index (χ3v) is 1.20. The van der Waals surface area contributed by atoms with Crippen molar-refractivity contribution >= 4 is 52.2 Å². The average molecular weight is 232 g/mol. The lowest BCUT2D eigenvalue weighted by atomic mass is 10.5. The summed E-state index contributed by atoms with van der Waals surface area (Å²) < 4.78 is 20.9. The number of hydrogen-bond donors (Lipinski definition) is 0. The molecular formula is C3Cl4F2O. The second kappa shape index (κ2) is 2.97. The lowest BCUT2D eigenvalue weighted by Crippen LogP contribution is -2.33. The standard InChI is InChI=1S/C3Cl4F2O/c4-2(5,6)1(10)3(7,8)9. The van der Waals surface area contributed by atoms with E-state index in [1.807, 2.05) is 0 Å². The zero-order valence-corrected chi connectivity index (χ0v) is 7.20. The lowest BCUT2D eigenvalue weighted by Gasteiger charge is -2.12. The number of halogens is 6. The Morgan fingerprint density at radius 1 is 1.10 bits per heavy atom. The van der Waals surface area contributed by atoms with Gasteiger partial charge in [0.1, 0.15) is 0 Å². The van der Waals surface area contributed by atoms with Gasteiger partial charge in [0.25, 0.3) is 9.58 Å². The van der Waals surface area contributed by atoms with Crippen LogP contribution in [0.25, 0.3) is 0 Å². The Hall–Kier alpha value is 0.690. The summed E-state index contributed by atoms with van der Waals surface area (Å²) in [6.45, 7) is 0. The third kappa shape index (κ3) is 3.19. The van der Waals surface area contributed by atoms with E-state index < -0.39 is 15.0 Å². The summed E-state index contributed by atoms with van der Waals surface area (Å²) in [4.78, 5) is 10.2. The van der Waals surface area contributed by atoms with Crippen LogP contribution in [0, 0.1) is 0 Å². The van der Waals surface area contributed by atoms with Gasteiger partial charge in [0, 0.05) is 0 Å². The van der Waals surface area contributed by atoms with Gasteiger partial charge >= 0.3 is 5.38 Å². The molecule has 0 aromatic heterocycles. The van der Waals surface area contributed by atoms with Crippen LogP contribution in [0.15, 0.2) is 0 Å². The number of carbonyl (C=O) groups is 1. The molecule has 0 radical (unpaired) electrons. The fourth-order valence-corrected chi connectivity index (χ4v) is 0.804. The van der Waals surface area contributed by atoms with Crippen LogP contribution in [0.5, 0.6) is 0 Å². The Morgan fingerprint density at radius 2 is 1.40 bits per heavy atom. The molecule has 60 valence electrons. The van der Waals surface area contributed by atoms with Crippen LogP contribution >= 0.6 is 46.4 Å². The predicted molar refractivity (Wildman–Crippen MR) is 36.1 cm³/mol. The van der Waals surface area contributed by atoms with Crippen molar-refractivity contribution in [2.75, 3.05) is 0 Å². The lowest BCUT2D eigenvalue weighted by molar-refractivity contribution is -0.132. The summed E-state index contributed by atoms with van der Waals surface area (Å²) in [5.41, 5.74) is 0. The van der Waals surface area contributed by atoms with E-state index in [0.717, 1.165) is 0 Å². The summed E-state index contributed by atoms with van der Waals surface area (Å²) in [6.07, 6.45) is 0. The summed E-state index contributed by atoms with van der Waals surface area (Å²) in [5, 5.41) is -4.12. The monoisotopic (exact) mass is 230 g/mol. The zero-order chi connectivity index (χ0) is 8.58. The van der Waals surface area contributed by atoms with Crippen molar-refractivity contribution in [2.24, 2.45) is 0 Å². The number of Topliss-reactive ketones (excluding diaryl/α,β-unsaturated/α-hetero) is 1. The zero-order valence-electron chi connectivity index (χ0n) is 4.18. The molecule has 0 rings (SSSR count). The van der Waals surface area contributed by atoms with E-state index in [1.54, 1.807) is 0 Å². The highest BCUT2D eigenvalue weighted by Crippen LogP contribution is 2.36. The molecule has 1 nitrogen and oxygen atoms in total. The SMILES string of the molecule is O=C(C(F)(F)Cl)C(Cl)(Cl)Cl. The smallest absolute Gasteiger partial charge is 0.286 e. The van der Waals surface area contributed by atoms with Gasteiger partial charge in [-0.15, -0.1) is 0 Å². The van der Waals surface area contributed by atoms with E-state index in [9.17, 15) is 13.6 Å². The Balaban J connectivity index is 4.40. The Labute approximate surface area is 75.2 Å². The van der Waals surface area contributed by atoms with Crippen LogP contribution in [-0.4, -0.2) is 15.0 Å². The highest BCUT2D eigenvalue weighted by atomic mass is 35.6. The quantitative estimate of drug-likeness (QED) is 0.635. The average Bonchev–Trinajstić information content (AvgIpc) is 1.59. The van der Waals surface area contributed by atoms with E-state index in [2.05, 4.69) is 11.6 Å². The van der Waals surface area contributed by atoms with Crippen molar-refractivity contribution in [3.05, 3.63) is 0 Å². The van der Waals surface area contributed by atoms with Gasteiger partial charge < -0.3 is 0 Å². The van der Waals surface area contributed by atoms with Gasteiger partial charge in [-0.05, 0) is 11.6 Å². The normalized spacial score (nSPS) is 13.4. The van der Waals surface area contributed by atoms with E-state index in [0.29, 0.717) is 0 Å². The number of ketones is 1. The van der Waals surface area contributed by atoms with Crippen molar-refractivity contribution in [1.82, 2.24) is 0 Å². The minimum Gasteiger partial charge on any atom is -0.286 e. The van der Waals surface area contributed by atoms with E-state index in [4.69, 9.17) is 34.8 Å². The van der Waals surface area contributed by atoms with Crippen LogP contribution in [0.3, 0.4) is 0 Å². The van der Waals surface area contributed by atoms with E-state index >= 15 is 0 Å². The number of alkyl halides is 6. The summed E-state index contributed by atoms with van der Waals surface area (Å²) in [5.74, 6) is -1.95. The molecule has 0 aromatic carbocycles. The highest BCUT2D eigenvalue weighted by Gasteiger charge is 2.48. The molecule has 10 heavy (non-hydrogen) atoms. The van der Waals surface area contributed by atoms with Crippen LogP contribution < -0.4 is 0 Å². The molecule has 0 amide bonds. The van der Waals surface area contributed by atoms with Gasteiger partial charge in [0.2, 0.25) is 0 Å². The first-order chi connectivity index (χ1) is 4.15. The fourth-order valence-electron chi connectivity index (χ4n) is 0.161. The van der Waals surface area contributed by atoms with Crippen LogP contribution in [-0.2, 0) is 4.79 Å². The molecule has 0 fully saturated rings. The van der Waals surface area contributed by atoms with Gasteiger partial charge in [-0.1, -0.05) is 34.8 Å². The molecule has 0 N–H and O–H groups in total. The summed E-state index contributed by atoms with van der Waals surface area (Å²) in [7, 11) is 0. The first kappa shape index (κ1) is 10.7. The van der Waals surface area contributed by atoms with Gasteiger partial charge in [-0.2, -0.15) is 8.78 Å². The minimum atomic E-state index is -4.12. The van der Waals surface area contributed by atoms with Crippen molar-refractivity contribution in [2.45, 2.75) is 9.17 Å². The van der Waals surface area contributed by atoms with Crippen molar-refractivity contribution < 1.29 is 13.6 Å². The molecule has 0 aliphatic rings. The Kier molecular flexibility index (Phi) is 3.18. The molecule has 0 spiro atoms. The van der Waals surface area contributed by atoms with Crippen LogP contribution in [0.1, 0.15) is 0 Å². The molecule has 0 bridgehead atoms. The molecule has 0 unspecified atom stereocenters. The molecule has 0 aliphatic heterocycles. The minimum absolute atomic E-state index is 1.95. The predicted octanol–water partition coefficient (Wildman–Crippen LogP) is 2.76. The maximum Gasteiger partial charge on any atom is 0.384 e. The van der Waals surface area contributed by atoms with Crippen molar-refractivity contribution in [1.29, 1.82) is 0 Å². The van der Waals surface area contributed by atoms with Gasteiger partial charge in [-0.3, -0.25) is 4.79 Å². The van der Waals surface area contributed by atoms with Crippen LogP contribution in [0.4, 0.5) is 8.78 Å². The summed E-state index contributed by atoms with van der Waals surface area (Å²) >= 11 is 18.6. The molecule has 0 aliphatic carbocycles.